The summed E-state index contributed by atoms with van der Waals surface area (Å²) in [6.07, 6.45) is 4.05. The Morgan fingerprint density at radius 2 is 1.93 bits per heavy atom. The summed E-state index contributed by atoms with van der Waals surface area (Å²) >= 11 is 0. The highest BCUT2D eigenvalue weighted by Gasteiger charge is 1.95. The Labute approximate surface area is 88.4 Å². The molecule has 0 aliphatic heterocycles. The Hall–Kier alpha value is -1.77. The lowest BCUT2D eigenvalue weighted by atomic mass is 10.3. The molecule has 1 N–H and O–H groups in total. The fourth-order valence-electron chi connectivity index (χ4n) is 1.44. The lowest BCUT2D eigenvalue weighted by Crippen LogP contribution is -1.98. The van der Waals surface area contributed by atoms with Crippen LogP contribution in [0.3, 0.4) is 0 Å². The lowest BCUT2D eigenvalue weighted by Gasteiger charge is -2.04. The van der Waals surface area contributed by atoms with Crippen molar-refractivity contribution in [3.63, 3.8) is 0 Å². The smallest absolute Gasteiger partial charge is 0.123 e. The Bertz CT molecular complexity index is 431. The van der Waals surface area contributed by atoms with Gasteiger partial charge in [0.15, 0.2) is 0 Å². The highest BCUT2D eigenvalue weighted by atomic mass is 19.1. The minimum Gasteiger partial charge on any atom is -0.381 e. The van der Waals surface area contributed by atoms with E-state index in [1.165, 1.54) is 17.7 Å². The standard InChI is InChI=1S/C12H13FN2/c1-15-7-6-10(9-15)8-14-12-4-2-11(13)3-5-12/h2-7,9,14H,8H2,1H3. The topological polar surface area (TPSA) is 17.0 Å². The number of benzene rings is 1. The van der Waals surface area contributed by atoms with Crippen molar-refractivity contribution in [2.75, 3.05) is 5.32 Å². The van der Waals surface area contributed by atoms with Gasteiger partial charge in [0.1, 0.15) is 5.82 Å². The molecule has 0 bridgehead atoms. The molecule has 0 aliphatic carbocycles. The van der Waals surface area contributed by atoms with E-state index < -0.39 is 0 Å². The first-order valence-corrected chi connectivity index (χ1v) is 4.84. The van der Waals surface area contributed by atoms with E-state index in [9.17, 15) is 4.39 Å². The van der Waals surface area contributed by atoms with E-state index in [2.05, 4.69) is 17.6 Å². The minimum atomic E-state index is -0.208. The van der Waals surface area contributed by atoms with Crippen molar-refractivity contribution in [3.05, 3.63) is 54.1 Å². The molecule has 2 rings (SSSR count). The van der Waals surface area contributed by atoms with E-state index in [1.807, 2.05) is 17.8 Å². The summed E-state index contributed by atoms with van der Waals surface area (Å²) in [5.41, 5.74) is 2.14. The van der Waals surface area contributed by atoms with Gasteiger partial charge in [-0.2, -0.15) is 0 Å². The highest BCUT2D eigenvalue weighted by molar-refractivity contribution is 5.43. The molecule has 2 aromatic rings. The monoisotopic (exact) mass is 204 g/mol. The zero-order valence-electron chi connectivity index (χ0n) is 8.57. The summed E-state index contributed by atoms with van der Waals surface area (Å²) in [6.45, 7) is 0.756. The van der Waals surface area contributed by atoms with Crippen LogP contribution in [-0.2, 0) is 13.6 Å². The van der Waals surface area contributed by atoms with Gasteiger partial charge in [-0.25, -0.2) is 4.39 Å². The van der Waals surface area contributed by atoms with Crippen LogP contribution in [0, 0.1) is 5.82 Å². The first-order chi connectivity index (χ1) is 7.24. The SMILES string of the molecule is Cn1ccc(CNc2ccc(F)cc2)c1. The molecule has 0 spiro atoms. The van der Waals surface area contributed by atoms with Crippen LogP contribution in [-0.4, -0.2) is 4.57 Å². The molecule has 3 heteroatoms. The molecule has 78 valence electrons. The molecule has 0 aliphatic rings. The first-order valence-electron chi connectivity index (χ1n) is 4.84. The summed E-state index contributed by atoms with van der Waals surface area (Å²) in [6, 6.07) is 8.42. The Morgan fingerprint density at radius 1 is 1.20 bits per heavy atom. The van der Waals surface area contributed by atoms with Crippen molar-refractivity contribution < 1.29 is 4.39 Å². The summed E-state index contributed by atoms with van der Waals surface area (Å²) in [4.78, 5) is 0. The number of halogens is 1. The molecule has 2 nitrogen and oxygen atoms in total. The normalized spacial score (nSPS) is 10.3. The van der Waals surface area contributed by atoms with Crippen LogP contribution in [0.4, 0.5) is 10.1 Å². The fourth-order valence-corrected chi connectivity index (χ4v) is 1.44. The minimum absolute atomic E-state index is 0.208. The van der Waals surface area contributed by atoms with Crippen LogP contribution < -0.4 is 5.32 Å². The van der Waals surface area contributed by atoms with Gasteiger partial charge in [0.05, 0.1) is 0 Å². The number of hydrogen-bond donors (Lipinski definition) is 1. The van der Waals surface area contributed by atoms with Crippen molar-refractivity contribution in [2.24, 2.45) is 7.05 Å². The predicted octanol–water partition coefficient (Wildman–Crippen LogP) is 2.78. The van der Waals surface area contributed by atoms with E-state index >= 15 is 0 Å². The van der Waals surface area contributed by atoms with Gasteiger partial charge >= 0.3 is 0 Å². The average molecular weight is 204 g/mol. The lowest BCUT2D eigenvalue weighted by molar-refractivity contribution is 0.628. The number of aromatic nitrogens is 1. The molecule has 0 radical (unpaired) electrons. The van der Waals surface area contributed by atoms with Crippen molar-refractivity contribution >= 4 is 5.69 Å². The maximum absolute atomic E-state index is 12.6. The third-order valence-corrected chi connectivity index (χ3v) is 2.23. The molecule has 0 atom stereocenters. The number of hydrogen-bond acceptors (Lipinski definition) is 1. The summed E-state index contributed by atoms with van der Waals surface area (Å²) in [5.74, 6) is -0.208. The van der Waals surface area contributed by atoms with Gasteiger partial charge in [-0.05, 0) is 35.9 Å². The Kier molecular flexibility index (Phi) is 2.72. The van der Waals surface area contributed by atoms with Crippen LogP contribution >= 0.6 is 0 Å². The third-order valence-electron chi connectivity index (χ3n) is 2.23. The average Bonchev–Trinajstić information content (AvgIpc) is 2.64. The number of aryl methyl sites for hydroxylation is 1. The van der Waals surface area contributed by atoms with Crippen LogP contribution in [0.25, 0.3) is 0 Å². The largest absolute Gasteiger partial charge is 0.381 e. The molecule has 0 fully saturated rings. The first kappa shape index (κ1) is 9.77. The molecule has 0 saturated carbocycles. The zero-order valence-corrected chi connectivity index (χ0v) is 8.57. The number of nitrogens with zero attached hydrogens (tertiary/aromatic N) is 1. The Morgan fingerprint density at radius 3 is 2.53 bits per heavy atom. The second kappa shape index (κ2) is 4.17. The number of nitrogens with one attached hydrogen (secondary N) is 1. The van der Waals surface area contributed by atoms with Crippen molar-refractivity contribution in [2.45, 2.75) is 6.54 Å². The molecule has 1 aromatic heterocycles. The van der Waals surface area contributed by atoms with Crippen molar-refractivity contribution in [1.82, 2.24) is 4.57 Å². The van der Waals surface area contributed by atoms with E-state index in [0.29, 0.717) is 0 Å². The number of anilines is 1. The van der Waals surface area contributed by atoms with Crippen LogP contribution in [0.5, 0.6) is 0 Å². The summed E-state index contributed by atoms with van der Waals surface area (Å²) in [7, 11) is 1.99. The van der Waals surface area contributed by atoms with Crippen LogP contribution in [0.2, 0.25) is 0 Å². The molecular weight excluding hydrogens is 191 g/mol. The molecule has 1 aromatic carbocycles. The van der Waals surface area contributed by atoms with Crippen molar-refractivity contribution in [1.29, 1.82) is 0 Å². The number of rotatable bonds is 3. The highest BCUT2D eigenvalue weighted by Crippen LogP contribution is 2.10. The fraction of sp³-hybridized carbons (Fsp3) is 0.167. The predicted molar refractivity (Wildman–Crippen MR) is 59.1 cm³/mol. The van der Waals surface area contributed by atoms with Gasteiger partial charge in [0, 0.05) is 31.7 Å². The Balaban J connectivity index is 1.96. The van der Waals surface area contributed by atoms with Gasteiger partial charge in [-0.3, -0.25) is 0 Å². The zero-order chi connectivity index (χ0) is 10.7. The molecule has 0 unspecified atom stereocenters. The van der Waals surface area contributed by atoms with Crippen molar-refractivity contribution in [3.8, 4) is 0 Å². The van der Waals surface area contributed by atoms with E-state index in [0.717, 1.165) is 12.2 Å². The molecular formula is C12H13FN2. The maximum Gasteiger partial charge on any atom is 0.123 e. The summed E-state index contributed by atoms with van der Waals surface area (Å²) in [5, 5.41) is 3.22. The molecule has 1 heterocycles. The molecule has 0 saturated heterocycles. The third kappa shape index (κ3) is 2.59. The van der Waals surface area contributed by atoms with Gasteiger partial charge in [-0.1, -0.05) is 0 Å². The van der Waals surface area contributed by atoms with Gasteiger partial charge in [-0.15, -0.1) is 0 Å². The van der Waals surface area contributed by atoms with E-state index in [4.69, 9.17) is 0 Å². The van der Waals surface area contributed by atoms with E-state index in [-0.39, 0.29) is 5.82 Å². The molecule has 0 amide bonds. The second-order valence-electron chi connectivity index (χ2n) is 3.55. The maximum atomic E-state index is 12.6. The second-order valence-corrected chi connectivity index (χ2v) is 3.55. The summed E-state index contributed by atoms with van der Waals surface area (Å²) < 4.78 is 14.6. The van der Waals surface area contributed by atoms with E-state index in [1.54, 1.807) is 12.1 Å². The van der Waals surface area contributed by atoms with Crippen LogP contribution in [0.15, 0.2) is 42.7 Å². The quantitative estimate of drug-likeness (QED) is 0.813. The van der Waals surface area contributed by atoms with Gasteiger partial charge in [0.2, 0.25) is 0 Å². The van der Waals surface area contributed by atoms with Gasteiger partial charge < -0.3 is 9.88 Å². The van der Waals surface area contributed by atoms with Gasteiger partial charge in [0.25, 0.3) is 0 Å². The van der Waals surface area contributed by atoms with Crippen LogP contribution in [0.1, 0.15) is 5.56 Å². The molecule has 15 heavy (non-hydrogen) atoms.